The number of aryl methyl sites for hydroxylation is 1. The van der Waals surface area contributed by atoms with Gasteiger partial charge in [-0.15, -0.1) is 11.3 Å². The molecule has 1 fully saturated rings. The van der Waals surface area contributed by atoms with Gasteiger partial charge >= 0.3 is 5.97 Å². The Hall–Kier alpha value is -2.82. The second-order valence-corrected chi connectivity index (χ2v) is 11.5. The lowest BCUT2D eigenvalue weighted by Crippen LogP contribution is -2.43. The number of thiophene rings is 1. The van der Waals surface area contributed by atoms with Crippen LogP contribution >= 0.6 is 11.3 Å². The maximum Gasteiger partial charge on any atom is 0.311 e. The highest BCUT2D eigenvalue weighted by molar-refractivity contribution is 7.91. The van der Waals surface area contributed by atoms with Crippen molar-refractivity contribution in [1.29, 1.82) is 0 Å². The third kappa shape index (κ3) is 5.07. The number of fused-ring (bicyclic) bond motifs is 1. The smallest absolute Gasteiger partial charge is 0.311 e. The fraction of sp³-hybridized carbons (Fsp3) is 0.348. The van der Waals surface area contributed by atoms with Crippen LogP contribution in [0.1, 0.15) is 24.6 Å². The molecule has 0 bridgehead atoms. The maximum atomic E-state index is 12.9. The zero-order chi connectivity index (χ0) is 23.6. The van der Waals surface area contributed by atoms with Gasteiger partial charge in [-0.1, -0.05) is 6.07 Å². The quantitative estimate of drug-likeness (QED) is 0.533. The molecule has 0 spiro atoms. The first-order valence-electron chi connectivity index (χ1n) is 10.7. The lowest BCUT2D eigenvalue weighted by Gasteiger charge is -2.30. The van der Waals surface area contributed by atoms with Crippen LogP contribution < -0.4 is 5.32 Å². The predicted molar refractivity (Wildman–Crippen MR) is 126 cm³/mol. The Balaban J connectivity index is 1.39. The van der Waals surface area contributed by atoms with Gasteiger partial charge in [-0.3, -0.25) is 14.6 Å². The summed E-state index contributed by atoms with van der Waals surface area (Å²) in [5.41, 5.74) is 1.32. The van der Waals surface area contributed by atoms with Crippen molar-refractivity contribution in [2.45, 2.75) is 37.0 Å². The number of nitrogens with one attached hydrogen (secondary N) is 1. The first kappa shape index (κ1) is 23.3. The number of hydrogen-bond acceptors (Lipinski definition) is 7. The normalized spacial score (nSPS) is 18.1. The Morgan fingerprint density at radius 1 is 1.21 bits per heavy atom. The highest BCUT2D eigenvalue weighted by atomic mass is 32.2. The lowest BCUT2D eigenvalue weighted by molar-refractivity contribution is -0.158. The van der Waals surface area contributed by atoms with Gasteiger partial charge in [-0.2, -0.15) is 4.31 Å². The number of hydrogen-bond donors (Lipinski definition) is 1. The Kier molecular flexibility index (Phi) is 6.78. The van der Waals surface area contributed by atoms with Crippen molar-refractivity contribution in [2.24, 2.45) is 5.92 Å². The van der Waals surface area contributed by atoms with Crippen molar-refractivity contribution in [3.05, 3.63) is 53.5 Å². The molecule has 4 rings (SSSR count). The average molecular weight is 488 g/mol. The summed E-state index contributed by atoms with van der Waals surface area (Å²) < 4.78 is 32.9. The van der Waals surface area contributed by atoms with E-state index < -0.39 is 33.9 Å². The van der Waals surface area contributed by atoms with E-state index in [9.17, 15) is 18.0 Å². The van der Waals surface area contributed by atoms with E-state index in [-0.39, 0.29) is 10.8 Å². The highest BCUT2D eigenvalue weighted by Crippen LogP contribution is 2.29. The number of carbonyl (C=O) groups is 2. The molecule has 10 heteroatoms. The van der Waals surface area contributed by atoms with Crippen LogP contribution in [0.2, 0.25) is 0 Å². The van der Waals surface area contributed by atoms with E-state index in [0.717, 1.165) is 15.8 Å². The molecule has 0 unspecified atom stereocenters. The maximum absolute atomic E-state index is 12.9. The summed E-state index contributed by atoms with van der Waals surface area (Å²) in [7, 11) is -3.66. The molecule has 0 radical (unpaired) electrons. The second-order valence-electron chi connectivity index (χ2n) is 8.01. The fourth-order valence-corrected chi connectivity index (χ4v) is 6.76. The molecule has 1 aliphatic heterocycles. The summed E-state index contributed by atoms with van der Waals surface area (Å²) in [6.07, 6.45) is 1.70. The Labute approximate surface area is 196 Å². The predicted octanol–water partition coefficient (Wildman–Crippen LogP) is 3.58. The van der Waals surface area contributed by atoms with E-state index in [1.165, 1.54) is 22.6 Å². The van der Waals surface area contributed by atoms with E-state index in [1.807, 2.05) is 19.1 Å². The number of rotatable bonds is 6. The molecule has 1 aromatic carbocycles. The van der Waals surface area contributed by atoms with Crippen molar-refractivity contribution in [3.8, 4) is 0 Å². The number of sulfonamides is 1. The molecule has 174 valence electrons. The Morgan fingerprint density at radius 3 is 2.79 bits per heavy atom. The second kappa shape index (κ2) is 9.58. The SMILES string of the molecule is Cc1ccc(S(=O)(=O)N2CCC[C@@H](C(=O)O[C@@H](C)C(=O)Nc3cccc4ncccc34)C2)s1. The summed E-state index contributed by atoms with van der Waals surface area (Å²) in [5, 5.41) is 3.57. The Bertz CT molecular complexity index is 1280. The molecule has 2 aromatic heterocycles. The van der Waals surface area contributed by atoms with Crippen LogP contribution in [0.3, 0.4) is 0 Å². The average Bonchev–Trinajstić information content (AvgIpc) is 3.26. The number of amides is 1. The van der Waals surface area contributed by atoms with Crippen molar-refractivity contribution in [1.82, 2.24) is 9.29 Å². The molecule has 3 heterocycles. The number of pyridine rings is 1. The molecule has 33 heavy (non-hydrogen) atoms. The summed E-state index contributed by atoms with van der Waals surface area (Å²) in [6.45, 7) is 3.75. The van der Waals surface area contributed by atoms with Crippen LogP contribution in [0.25, 0.3) is 10.9 Å². The molecule has 8 nitrogen and oxygen atoms in total. The number of esters is 1. The monoisotopic (exact) mass is 487 g/mol. The fourth-order valence-electron chi connectivity index (χ4n) is 3.80. The van der Waals surface area contributed by atoms with E-state index in [0.29, 0.717) is 25.1 Å². The number of ether oxygens (including phenoxy) is 1. The minimum absolute atomic E-state index is 0.0431. The molecular weight excluding hydrogens is 462 g/mol. The van der Waals surface area contributed by atoms with E-state index >= 15 is 0 Å². The highest BCUT2D eigenvalue weighted by Gasteiger charge is 2.35. The molecule has 1 saturated heterocycles. The standard InChI is InChI=1S/C23H25N3O5S2/c1-15-10-11-21(32-15)33(29,30)26-13-5-6-17(14-26)23(28)31-16(2)22(27)25-20-9-3-8-19-18(20)7-4-12-24-19/h3-4,7-12,16-17H,5-6,13-14H2,1-2H3,(H,25,27)/t16-,17+/m0/s1. The molecule has 3 aromatic rings. The van der Waals surface area contributed by atoms with Crippen LogP contribution in [0.5, 0.6) is 0 Å². The van der Waals surface area contributed by atoms with Crippen molar-refractivity contribution < 1.29 is 22.7 Å². The van der Waals surface area contributed by atoms with E-state index in [1.54, 1.807) is 36.5 Å². The third-order valence-corrected chi connectivity index (χ3v) is 8.93. The van der Waals surface area contributed by atoms with Crippen molar-refractivity contribution in [2.75, 3.05) is 18.4 Å². The molecule has 0 aliphatic carbocycles. The number of benzene rings is 1. The molecule has 2 atom stereocenters. The van der Waals surface area contributed by atoms with Gasteiger partial charge < -0.3 is 10.1 Å². The van der Waals surface area contributed by atoms with Crippen LogP contribution in [0, 0.1) is 12.8 Å². The largest absolute Gasteiger partial charge is 0.452 e. The molecule has 0 saturated carbocycles. The zero-order valence-electron chi connectivity index (χ0n) is 18.4. The molecular formula is C23H25N3O5S2. The molecule has 1 amide bonds. The van der Waals surface area contributed by atoms with Gasteiger partial charge in [0.05, 0.1) is 17.1 Å². The van der Waals surface area contributed by atoms with Crippen molar-refractivity contribution in [3.63, 3.8) is 0 Å². The van der Waals surface area contributed by atoms with Gasteiger partial charge in [0.25, 0.3) is 15.9 Å². The molecule has 1 N–H and O–H groups in total. The topological polar surface area (TPSA) is 106 Å². The van der Waals surface area contributed by atoms with Gasteiger partial charge in [0.15, 0.2) is 6.10 Å². The number of nitrogens with zero attached hydrogens (tertiary/aromatic N) is 2. The first-order valence-corrected chi connectivity index (χ1v) is 12.9. The van der Waals surface area contributed by atoms with E-state index in [4.69, 9.17) is 4.74 Å². The van der Waals surface area contributed by atoms with E-state index in [2.05, 4.69) is 10.3 Å². The minimum atomic E-state index is -3.66. The summed E-state index contributed by atoms with van der Waals surface area (Å²) in [5.74, 6) is -1.65. The number of piperidine rings is 1. The van der Waals surface area contributed by atoms with Crippen LogP contribution in [-0.2, 0) is 24.3 Å². The first-order chi connectivity index (χ1) is 15.8. The number of anilines is 1. The van der Waals surface area contributed by atoms with Crippen LogP contribution in [0.15, 0.2) is 52.9 Å². The summed E-state index contributed by atoms with van der Waals surface area (Å²) in [6, 6.07) is 12.4. The molecule has 1 aliphatic rings. The summed E-state index contributed by atoms with van der Waals surface area (Å²) in [4.78, 5) is 30.6. The van der Waals surface area contributed by atoms with Crippen LogP contribution in [-0.4, -0.2) is 48.8 Å². The summed E-state index contributed by atoms with van der Waals surface area (Å²) >= 11 is 1.21. The zero-order valence-corrected chi connectivity index (χ0v) is 20.0. The minimum Gasteiger partial charge on any atom is -0.452 e. The van der Waals surface area contributed by atoms with Gasteiger partial charge in [0.2, 0.25) is 0 Å². The van der Waals surface area contributed by atoms with Crippen LogP contribution in [0.4, 0.5) is 5.69 Å². The van der Waals surface area contributed by atoms with Crippen molar-refractivity contribution >= 4 is 49.8 Å². The van der Waals surface area contributed by atoms with Gasteiger partial charge in [-0.05, 0) is 63.1 Å². The number of carbonyl (C=O) groups excluding carboxylic acids is 2. The Morgan fingerprint density at radius 2 is 2.03 bits per heavy atom. The third-order valence-electron chi connectivity index (χ3n) is 5.59. The lowest BCUT2D eigenvalue weighted by atomic mass is 10.00. The van der Waals surface area contributed by atoms with Gasteiger partial charge in [0.1, 0.15) is 4.21 Å². The van der Waals surface area contributed by atoms with Gasteiger partial charge in [-0.25, -0.2) is 8.42 Å². The number of aromatic nitrogens is 1. The van der Waals surface area contributed by atoms with Gasteiger partial charge in [0, 0.05) is 29.5 Å².